The molecule has 1 atom stereocenters. The van der Waals surface area contributed by atoms with Gasteiger partial charge < -0.3 is 14.6 Å². The highest BCUT2D eigenvalue weighted by Crippen LogP contribution is 2.34. The first-order chi connectivity index (χ1) is 13.0. The van der Waals surface area contributed by atoms with Gasteiger partial charge in [0.25, 0.3) is 5.91 Å². The highest BCUT2D eigenvalue weighted by Gasteiger charge is 2.39. The molecule has 5 nitrogen and oxygen atoms in total. The van der Waals surface area contributed by atoms with Crippen molar-refractivity contribution in [2.24, 2.45) is 12.5 Å². The van der Waals surface area contributed by atoms with Crippen molar-refractivity contribution in [3.63, 3.8) is 0 Å². The number of hydrogen-bond donors (Lipinski definition) is 1. The third kappa shape index (κ3) is 3.32. The van der Waals surface area contributed by atoms with E-state index < -0.39 is 0 Å². The van der Waals surface area contributed by atoms with Crippen molar-refractivity contribution in [3.05, 3.63) is 65.7 Å². The average Bonchev–Trinajstić information content (AvgIpc) is 3.27. The molecule has 1 aliphatic heterocycles. The molecule has 0 aliphatic carbocycles. The maximum Gasteiger partial charge on any atom is 0.253 e. The van der Waals surface area contributed by atoms with E-state index in [-0.39, 0.29) is 23.7 Å². The molecule has 4 rings (SSSR count). The Morgan fingerprint density at radius 2 is 2.04 bits per heavy atom. The lowest BCUT2D eigenvalue weighted by Crippen LogP contribution is -2.35. The van der Waals surface area contributed by atoms with E-state index in [0.29, 0.717) is 25.1 Å². The molecule has 0 radical (unpaired) electrons. The van der Waals surface area contributed by atoms with Gasteiger partial charge in [-0.1, -0.05) is 12.1 Å². The zero-order chi connectivity index (χ0) is 19.0. The van der Waals surface area contributed by atoms with E-state index in [9.17, 15) is 14.3 Å². The normalized spacial score (nSPS) is 19.7. The first kappa shape index (κ1) is 17.7. The number of aliphatic hydroxyl groups is 1. The van der Waals surface area contributed by atoms with Gasteiger partial charge in [0.05, 0.1) is 24.0 Å². The first-order valence-corrected chi connectivity index (χ1v) is 9.05. The summed E-state index contributed by atoms with van der Waals surface area (Å²) < 4.78 is 15.1. The van der Waals surface area contributed by atoms with Gasteiger partial charge >= 0.3 is 0 Å². The van der Waals surface area contributed by atoms with E-state index in [2.05, 4.69) is 4.98 Å². The van der Waals surface area contributed by atoms with Gasteiger partial charge in [-0.05, 0) is 48.7 Å². The van der Waals surface area contributed by atoms with Gasteiger partial charge in [0, 0.05) is 31.1 Å². The molecule has 140 valence electrons. The van der Waals surface area contributed by atoms with E-state index in [1.165, 1.54) is 12.1 Å². The molecular weight excluding hydrogens is 345 g/mol. The highest BCUT2D eigenvalue weighted by atomic mass is 19.1. The molecule has 3 aromatic rings. The number of fused-ring (bicyclic) bond motifs is 1. The molecule has 27 heavy (non-hydrogen) atoms. The highest BCUT2D eigenvalue weighted by molar-refractivity contribution is 5.97. The summed E-state index contributed by atoms with van der Waals surface area (Å²) in [6, 6.07) is 11.9. The summed E-state index contributed by atoms with van der Waals surface area (Å²) in [5.41, 5.74) is 2.96. The number of imidazole rings is 1. The molecule has 1 N–H and O–H groups in total. The third-order valence-electron chi connectivity index (χ3n) is 5.53. The fourth-order valence-electron chi connectivity index (χ4n) is 3.92. The van der Waals surface area contributed by atoms with Crippen LogP contribution in [0.1, 0.15) is 22.3 Å². The van der Waals surface area contributed by atoms with Crippen LogP contribution in [0.15, 0.2) is 48.8 Å². The Balaban J connectivity index is 1.52. The number of benzene rings is 2. The monoisotopic (exact) mass is 367 g/mol. The topological polar surface area (TPSA) is 58.4 Å². The Hall–Kier alpha value is -2.73. The Kier molecular flexibility index (Phi) is 4.44. The van der Waals surface area contributed by atoms with Crippen molar-refractivity contribution in [1.29, 1.82) is 0 Å². The lowest BCUT2D eigenvalue weighted by atomic mass is 9.81. The third-order valence-corrected chi connectivity index (χ3v) is 5.53. The molecule has 1 aliphatic rings. The largest absolute Gasteiger partial charge is 0.396 e. The van der Waals surface area contributed by atoms with Crippen LogP contribution in [0.5, 0.6) is 0 Å². The Morgan fingerprint density at radius 1 is 1.26 bits per heavy atom. The van der Waals surface area contributed by atoms with Crippen LogP contribution in [0.25, 0.3) is 11.0 Å². The predicted octanol–water partition coefficient (Wildman–Crippen LogP) is 2.78. The fraction of sp³-hybridized carbons (Fsp3) is 0.333. The van der Waals surface area contributed by atoms with Gasteiger partial charge in [-0.2, -0.15) is 0 Å². The second-order valence-electron chi connectivity index (χ2n) is 7.50. The number of carbonyl (C=O) groups is 1. The quantitative estimate of drug-likeness (QED) is 0.771. The average molecular weight is 367 g/mol. The molecule has 2 aromatic carbocycles. The molecular formula is C21H22FN3O2. The van der Waals surface area contributed by atoms with Crippen molar-refractivity contribution >= 4 is 16.9 Å². The van der Waals surface area contributed by atoms with Gasteiger partial charge in [0.2, 0.25) is 0 Å². The van der Waals surface area contributed by atoms with Crippen LogP contribution < -0.4 is 0 Å². The van der Waals surface area contributed by atoms with E-state index in [0.717, 1.165) is 23.0 Å². The van der Waals surface area contributed by atoms with Crippen LogP contribution in [-0.2, 0) is 13.5 Å². The van der Waals surface area contributed by atoms with Crippen molar-refractivity contribution < 1.29 is 14.3 Å². The second kappa shape index (κ2) is 6.78. The molecule has 2 heterocycles. The summed E-state index contributed by atoms with van der Waals surface area (Å²) in [5.74, 6) is -0.318. The van der Waals surface area contributed by atoms with E-state index in [1.807, 2.05) is 29.8 Å². The molecule has 1 fully saturated rings. The van der Waals surface area contributed by atoms with Crippen LogP contribution in [0.3, 0.4) is 0 Å². The molecule has 0 saturated carbocycles. The maximum absolute atomic E-state index is 13.1. The van der Waals surface area contributed by atoms with Crippen LogP contribution in [0, 0.1) is 11.2 Å². The minimum Gasteiger partial charge on any atom is -0.396 e. The van der Waals surface area contributed by atoms with Crippen molar-refractivity contribution in [1.82, 2.24) is 14.5 Å². The number of hydrogen-bond acceptors (Lipinski definition) is 3. The number of aryl methyl sites for hydroxylation is 1. The molecule has 1 saturated heterocycles. The summed E-state index contributed by atoms with van der Waals surface area (Å²) in [6.07, 6.45) is 3.07. The van der Waals surface area contributed by atoms with Crippen molar-refractivity contribution in [2.45, 2.75) is 12.8 Å². The molecule has 1 aromatic heterocycles. The predicted molar refractivity (Wildman–Crippen MR) is 101 cm³/mol. The SMILES string of the molecule is Cn1cnc2cc(C(=O)N3CCC(CO)(Cc4ccc(F)cc4)C3)ccc21. The Labute approximate surface area is 157 Å². The van der Waals surface area contributed by atoms with Gasteiger partial charge in [0.15, 0.2) is 0 Å². The number of carbonyl (C=O) groups excluding carboxylic acids is 1. The minimum absolute atomic E-state index is 0.00652. The van der Waals surface area contributed by atoms with Crippen molar-refractivity contribution in [3.8, 4) is 0 Å². The Morgan fingerprint density at radius 3 is 2.78 bits per heavy atom. The van der Waals surface area contributed by atoms with Gasteiger partial charge in [-0.3, -0.25) is 4.79 Å². The smallest absolute Gasteiger partial charge is 0.253 e. The summed E-state index contributed by atoms with van der Waals surface area (Å²) in [4.78, 5) is 19.1. The molecule has 1 unspecified atom stereocenters. The summed E-state index contributed by atoms with van der Waals surface area (Å²) in [7, 11) is 1.92. The van der Waals surface area contributed by atoms with Gasteiger partial charge in [0.1, 0.15) is 5.82 Å². The molecule has 0 bridgehead atoms. The number of nitrogens with zero attached hydrogens (tertiary/aromatic N) is 3. The van der Waals surface area contributed by atoms with Crippen LogP contribution >= 0.6 is 0 Å². The number of rotatable bonds is 4. The zero-order valence-corrected chi connectivity index (χ0v) is 15.2. The number of likely N-dealkylation sites (tertiary alicyclic amines) is 1. The lowest BCUT2D eigenvalue weighted by molar-refractivity contribution is 0.0740. The van der Waals surface area contributed by atoms with E-state index in [4.69, 9.17) is 0 Å². The van der Waals surface area contributed by atoms with Gasteiger partial charge in [-0.25, -0.2) is 9.37 Å². The van der Waals surface area contributed by atoms with Crippen molar-refractivity contribution in [2.75, 3.05) is 19.7 Å². The van der Waals surface area contributed by atoms with Crippen LogP contribution in [0.2, 0.25) is 0 Å². The Bertz CT molecular complexity index is 983. The van der Waals surface area contributed by atoms with Crippen LogP contribution in [0.4, 0.5) is 4.39 Å². The molecule has 0 spiro atoms. The minimum atomic E-state index is -0.386. The molecule has 1 amide bonds. The number of amides is 1. The fourth-order valence-corrected chi connectivity index (χ4v) is 3.92. The standard InChI is InChI=1S/C21H22FN3O2/c1-24-14-23-18-10-16(4-7-19(18)24)20(27)25-9-8-21(12-25,13-26)11-15-2-5-17(22)6-3-15/h2-7,10,14,26H,8-9,11-13H2,1H3. The van der Waals surface area contributed by atoms with E-state index in [1.54, 1.807) is 23.4 Å². The second-order valence-corrected chi connectivity index (χ2v) is 7.50. The first-order valence-electron chi connectivity index (χ1n) is 9.05. The molecule has 6 heteroatoms. The number of aromatic nitrogens is 2. The number of halogens is 1. The van der Waals surface area contributed by atoms with Gasteiger partial charge in [-0.15, -0.1) is 0 Å². The lowest BCUT2D eigenvalue weighted by Gasteiger charge is -2.27. The van der Waals surface area contributed by atoms with E-state index >= 15 is 0 Å². The summed E-state index contributed by atoms with van der Waals surface area (Å²) in [5, 5.41) is 10.0. The van der Waals surface area contributed by atoms with Crippen LogP contribution in [-0.4, -0.2) is 45.2 Å². The maximum atomic E-state index is 13.1. The summed E-state index contributed by atoms with van der Waals surface area (Å²) >= 11 is 0. The summed E-state index contributed by atoms with van der Waals surface area (Å²) in [6.45, 7) is 1.08. The number of aliphatic hydroxyl groups excluding tert-OH is 1. The zero-order valence-electron chi connectivity index (χ0n) is 15.2.